The molecular formula is C15H29NO3Si. The molecule has 5 heteroatoms. The minimum Gasteiger partial charge on any atom is -0.405 e. The molecule has 0 spiro atoms. The van der Waals surface area contributed by atoms with Gasteiger partial charge in [0.15, 0.2) is 8.32 Å². The van der Waals surface area contributed by atoms with Crippen molar-refractivity contribution >= 4 is 14.2 Å². The van der Waals surface area contributed by atoms with Crippen molar-refractivity contribution in [1.29, 1.82) is 0 Å². The summed E-state index contributed by atoms with van der Waals surface area (Å²) in [5, 5.41) is 0.0949. The van der Waals surface area contributed by atoms with Crippen LogP contribution in [0.25, 0.3) is 0 Å². The van der Waals surface area contributed by atoms with E-state index in [0.717, 1.165) is 0 Å². The second-order valence-corrected chi connectivity index (χ2v) is 11.6. The highest BCUT2D eigenvalue weighted by atomic mass is 28.4. The molecule has 1 aliphatic heterocycles. The summed E-state index contributed by atoms with van der Waals surface area (Å²) in [6.07, 6.45) is 1.95. The Morgan fingerprint density at radius 2 is 1.95 bits per heavy atom. The Bertz CT molecular complexity index is 344. The number of rotatable bonds is 5. The lowest BCUT2D eigenvalue weighted by Crippen LogP contribution is -2.51. The number of ether oxygens (including phenoxy) is 1. The van der Waals surface area contributed by atoms with E-state index in [9.17, 15) is 4.79 Å². The lowest BCUT2D eigenvalue weighted by atomic mass is 10.2. The first-order chi connectivity index (χ1) is 9.19. The molecule has 0 aromatic rings. The van der Waals surface area contributed by atoms with Crippen molar-refractivity contribution < 1.29 is 14.0 Å². The smallest absolute Gasteiger partial charge is 0.250 e. The molecule has 20 heavy (non-hydrogen) atoms. The second kappa shape index (κ2) is 6.87. The lowest BCUT2D eigenvalue weighted by molar-refractivity contribution is -0.143. The third-order valence-corrected chi connectivity index (χ3v) is 8.71. The molecule has 0 aromatic heterocycles. The molecule has 1 atom stereocenters. The van der Waals surface area contributed by atoms with Gasteiger partial charge in [-0.15, -0.1) is 6.58 Å². The molecule has 0 bridgehead atoms. The van der Waals surface area contributed by atoms with Crippen molar-refractivity contribution in [2.75, 3.05) is 26.3 Å². The maximum atomic E-state index is 12.6. The number of amides is 1. The van der Waals surface area contributed by atoms with E-state index in [0.29, 0.717) is 32.7 Å². The summed E-state index contributed by atoms with van der Waals surface area (Å²) in [7, 11) is -1.96. The molecule has 1 heterocycles. The molecule has 0 radical (unpaired) electrons. The van der Waals surface area contributed by atoms with E-state index < -0.39 is 14.4 Å². The molecule has 4 nitrogen and oxygen atoms in total. The van der Waals surface area contributed by atoms with Gasteiger partial charge in [-0.2, -0.15) is 0 Å². The predicted molar refractivity (Wildman–Crippen MR) is 84.3 cm³/mol. The summed E-state index contributed by atoms with van der Waals surface area (Å²) < 4.78 is 11.6. The van der Waals surface area contributed by atoms with Crippen LogP contribution in [0.15, 0.2) is 12.7 Å². The maximum Gasteiger partial charge on any atom is 0.250 e. The van der Waals surface area contributed by atoms with E-state index >= 15 is 0 Å². The van der Waals surface area contributed by atoms with Crippen molar-refractivity contribution in [3.63, 3.8) is 0 Å². The van der Waals surface area contributed by atoms with Gasteiger partial charge < -0.3 is 14.1 Å². The molecule has 0 N–H and O–H groups in total. The van der Waals surface area contributed by atoms with Gasteiger partial charge in [-0.1, -0.05) is 26.8 Å². The van der Waals surface area contributed by atoms with Crippen LogP contribution in [0.2, 0.25) is 18.1 Å². The second-order valence-electron chi connectivity index (χ2n) is 6.83. The standard InChI is InChI=1S/C15H29NO3Si/c1-7-8-13(19-20(5,6)15(2,3)4)14(17)16-9-11-18-12-10-16/h7,13H,1,8-12H2,2-6H3/t13-/m0/s1. The number of carbonyl (C=O) groups is 1. The SMILES string of the molecule is C=CC[C@H](O[Si](C)(C)C(C)(C)C)C(=O)N1CCOCC1. The van der Waals surface area contributed by atoms with Crippen LogP contribution in [-0.2, 0) is 14.0 Å². The molecule has 0 aromatic carbocycles. The third kappa shape index (κ3) is 4.43. The van der Waals surface area contributed by atoms with E-state index in [1.807, 2.05) is 4.90 Å². The van der Waals surface area contributed by atoms with Crippen LogP contribution >= 0.6 is 0 Å². The fourth-order valence-electron chi connectivity index (χ4n) is 1.87. The van der Waals surface area contributed by atoms with Gasteiger partial charge in [-0.05, 0) is 24.6 Å². The highest BCUT2D eigenvalue weighted by Crippen LogP contribution is 2.37. The molecule has 116 valence electrons. The highest BCUT2D eigenvalue weighted by molar-refractivity contribution is 6.74. The fraction of sp³-hybridized carbons (Fsp3) is 0.800. The van der Waals surface area contributed by atoms with E-state index in [1.54, 1.807) is 6.08 Å². The Labute approximate surface area is 124 Å². The molecule has 0 saturated carbocycles. The van der Waals surface area contributed by atoms with Crippen LogP contribution in [0, 0.1) is 0 Å². The van der Waals surface area contributed by atoms with Crippen LogP contribution in [0.4, 0.5) is 0 Å². The number of morpholine rings is 1. The zero-order valence-corrected chi connectivity index (χ0v) is 14.6. The first kappa shape index (κ1) is 17.4. The number of nitrogens with zero attached hydrogens (tertiary/aromatic N) is 1. The first-order valence-electron chi connectivity index (χ1n) is 7.34. The fourth-order valence-corrected chi connectivity index (χ4v) is 3.13. The van der Waals surface area contributed by atoms with Crippen LogP contribution < -0.4 is 0 Å². The Balaban J connectivity index is 2.77. The van der Waals surface area contributed by atoms with Gasteiger partial charge in [0.1, 0.15) is 6.10 Å². The molecule has 1 amide bonds. The van der Waals surface area contributed by atoms with E-state index in [-0.39, 0.29) is 10.9 Å². The van der Waals surface area contributed by atoms with E-state index in [4.69, 9.17) is 9.16 Å². The average molecular weight is 299 g/mol. The summed E-state index contributed by atoms with van der Waals surface area (Å²) in [6, 6.07) is 0. The molecule has 0 unspecified atom stereocenters. The predicted octanol–water partition coefficient (Wildman–Crippen LogP) is 2.81. The summed E-state index contributed by atoms with van der Waals surface area (Å²) in [6.45, 7) is 17.2. The van der Waals surface area contributed by atoms with Crippen LogP contribution in [0.5, 0.6) is 0 Å². The van der Waals surface area contributed by atoms with Crippen molar-refractivity contribution in [3.05, 3.63) is 12.7 Å². The lowest BCUT2D eigenvalue weighted by Gasteiger charge is -2.40. The number of carbonyl (C=O) groups excluding carboxylic acids is 1. The number of hydrogen-bond acceptors (Lipinski definition) is 3. The molecule has 1 rings (SSSR count). The third-order valence-electron chi connectivity index (χ3n) is 4.22. The van der Waals surface area contributed by atoms with E-state index in [1.165, 1.54) is 0 Å². The van der Waals surface area contributed by atoms with E-state index in [2.05, 4.69) is 40.4 Å². The first-order valence-corrected chi connectivity index (χ1v) is 10.2. The Kier molecular flexibility index (Phi) is 5.98. The topological polar surface area (TPSA) is 38.8 Å². The zero-order valence-electron chi connectivity index (χ0n) is 13.6. The molecule has 1 saturated heterocycles. The van der Waals surface area contributed by atoms with Gasteiger partial charge in [0.25, 0.3) is 5.91 Å². The Morgan fingerprint density at radius 3 is 2.40 bits per heavy atom. The van der Waals surface area contributed by atoms with Crippen LogP contribution in [0.3, 0.4) is 0 Å². The number of hydrogen-bond donors (Lipinski definition) is 0. The van der Waals surface area contributed by atoms with Gasteiger partial charge >= 0.3 is 0 Å². The Morgan fingerprint density at radius 1 is 1.40 bits per heavy atom. The zero-order chi connectivity index (χ0) is 15.4. The normalized spacial score (nSPS) is 18.8. The van der Waals surface area contributed by atoms with Crippen molar-refractivity contribution in [2.24, 2.45) is 0 Å². The average Bonchev–Trinajstić information content (AvgIpc) is 2.37. The van der Waals surface area contributed by atoms with Crippen LogP contribution in [0.1, 0.15) is 27.2 Å². The quantitative estimate of drug-likeness (QED) is 0.579. The largest absolute Gasteiger partial charge is 0.405 e. The van der Waals surface area contributed by atoms with Crippen molar-refractivity contribution in [1.82, 2.24) is 4.90 Å². The monoisotopic (exact) mass is 299 g/mol. The van der Waals surface area contributed by atoms with Gasteiger partial charge in [0.05, 0.1) is 13.2 Å². The molecule has 1 aliphatic rings. The van der Waals surface area contributed by atoms with Gasteiger partial charge in [0, 0.05) is 13.1 Å². The molecule has 0 aliphatic carbocycles. The van der Waals surface area contributed by atoms with Gasteiger partial charge in [-0.25, -0.2) is 0 Å². The summed E-state index contributed by atoms with van der Waals surface area (Å²) >= 11 is 0. The molecular weight excluding hydrogens is 270 g/mol. The minimum atomic E-state index is -1.96. The van der Waals surface area contributed by atoms with Crippen molar-refractivity contribution in [2.45, 2.75) is 51.4 Å². The van der Waals surface area contributed by atoms with Gasteiger partial charge in [-0.3, -0.25) is 4.79 Å². The van der Waals surface area contributed by atoms with Crippen molar-refractivity contribution in [3.8, 4) is 0 Å². The summed E-state index contributed by atoms with van der Waals surface area (Å²) in [5.74, 6) is 0.0815. The summed E-state index contributed by atoms with van der Waals surface area (Å²) in [5.41, 5.74) is 0. The highest BCUT2D eigenvalue weighted by Gasteiger charge is 2.41. The Hall–Kier alpha value is -0.653. The maximum absolute atomic E-state index is 12.6. The summed E-state index contributed by atoms with van der Waals surface area (Å²) in [4.78, 5) is 14.5. The minimum absolute atomic E-state index is 0.0815. The van der Waals surface area contributed by atoms with Crippen LogP contribution in [-0.4, -0.2) is 51.5 Å². The van der Waals surface area contributed by atoms with Gasteiger partial charge in [0.2, 0.25) is 0 Å². The molecule has 1 fully saturated rings.